The Morgan fingerprint density at radius 1 is 1.31 bits per heavy atom. The van der Waals surface area contributed by atoms with Crippen LogP contribution in [0.3, 0.4) is 0 Å². The molecule has 1 heterocycles. The van der Waals surface area contributed by atoms with Crippen LogP contribution >= 0.6 is 0 Å². The molecule has 5 heteroatoms. The van der Waals surface area contributed by atoms with Crippen molar-refractivity contribution >= 4 is 0 Å². The minimum Gasteiger partial charge on any atom is -0.394 e. The van der Waals surface area contributed by atoms with Gasteiger partial charge in [0.1, 0.15) is 6.10 Å². The quantitative estimate of drug-likeness (QED) is 0.507. The lowest BCUT2D eigenvalue weighted by atomic mass is 9.91. The molecule has 0 amide bonds. The molecule has 13 heavy (non-hydrogen) atoms. The number of rotatable bonds is 2. The summed E-state index contributed by atoms with van der Waals surface area (Å²) < 4.78 is 10.0. The van der Waals surface area contributed by atoms with Gasteiger partial charge in [0.2, 0.25) is 0 Å². The molecule has 0 spiro atoms. The lowest BCUT2D eigenvalue weighted by Crippen LogP contribution is -2.55. The molecule has 0 aromatic carbocycles. The van der Waals surface area contributed by atoms with Gasteiger partial charge in [-0.2, -0.15) is 0 Å². The summed E-state index contributed by atoms with van der Waals surface area (Å²) in [5.41, 5.74) is 0. The molecule has 5 atom stereocenters. The Hall–Kier alpha value is -0.200. The van der Waals surface area contributed by atoms with E-state index in [-0.39, 0.29) is 12.5 Å². The van der Waals surface area contributed by atoms with Crippen LogP contribution < -0.4 is 0 Å². The van der Waals surface area contributed by atoms with Crippen LogP contribution in [-0.4, -0.2) is 53.6 Å². The van der Waals surface area contributed by atoms with Crippen LogP contribution in [0.15, 0.2) is 0 Å². The summed E-state index contributed by atoms with van der Waals surface area (Å²) in [6.45, 7) is 1.52. The third-order valence-electron chi connectivity index (χ3n) is 2.48. The Kier molecular flexibility index (Phi) is 3.63. The van der Waals surface area contributed by atoms with Gasteiger partial charge in [-0.25, -0.2) is 0 Å². The molecule has 1 rings (SSSR count). The number of aliphatic hydroxyl groups is 3. The summed E-state index contributed by atoms with van der Waals surface area (Å²) in [5.74, 6) is -0.300. The zero-order chi connectivity index (χ0) is 10.0. The van der Waals surface area contributed by atoms with E-state index >= 15 is 0 Å². The maximum absolute atomic E-state index is 9.53. The predicted octanol–water partition coefficient (Wildman–Crippen LogP) is -1.29. The lowest BCUT2D eigenvalue weighted by Gasteiger charge is -2.40. The molecule has 1 fully saturated rings. The molecule has 0 saturated carbocycles. The van der Waals surface area contributed by atoms with Gasteiger partial charge in [0.25, 0.3) is 0 Å². The van der Waals surface area contributed by atoms with Crippen molar-refractivity contribution in [3.63, 3.8) is 0 Å². The molecule has 5 nitrogen and oxygen atoms in total. The Morgan fingerprint density at radius 2 is 1.92 bits per heavy atom. The largest absolute Gasteiger partial charge is 0.394 e. The first kappa shape index (κ1) is 10.9. The number of hydrogen-bond donors (Lipinski definition) is 3. The van der Waals surface area contributed by atoms with E-state index in [1.54, 1.807) is 6.92 Å². The minimum absolute atomic E-state index is 0.190. The van der Waals surface area contributed by atoms with Crippen molar-refractivity contribution in [2.24, 2.45) is 5.92 Å². The molecule has 3 N–H and O–H groups in total. The van der Waals surface area contributed by atoms with Crippen molar-refractivity contribution in [3.8, 4) is 0 Å². The van der Waals surface area contributed by atoms with Gasteiger partial charge in [0.15, 0.2) is 6.29 Å². The Morgan fingerprint density at radius 3 is 2.38 bits per heavy atom. The standard InChI is InChI=1S/C8H16O5/c1-4-5(3-9)13-8(12-2)7(11)6(4)10/h4-11H,3H2,1-2H3/t4-,5?,6?,7?,8+/m0/s1. The van der Waals surface area contributed by atoms with Gasteiger partial charge in [-0.15, -0.1) is 0 Å². The fraction of sp³-hybridized carbons (Fsp3) is 1.00. The van der Waals surface area contributed by atoms with Crippen molar-refractivity contribution in [2.75, 3.05) is 13.7 Å². The summed E-state index contributed by atoms with van der Waals surface area (Å²) >= 11 is 0. The van der Waals surface area contributed by atoms with Crippen molar-refractivity contribution in [2.45, 2.75) is 31.5 Å². The fourth-order valence-electron chi connectivity index (χ4n) is 1.47. The van der Waals surface area contributed by atoms with E-state index in [4.69, 9.17) is 14.6 Å². The van der Waals surface area contributed by atoms with Crippen LogP contribution in [0.2, 0.25) is 0 Å². The zero-order valence-corrected chi connectivity index (χ0v) is 7.75. The SMILES string of the molecule is CO[C@@H]1OC(CO)[C@H](C)C(O)C1O. The summed E-state index contributed by atoms with van der Waals surface area (Å²) in [6, 6.07) is 0. The van der Waals surface area contributed by atoms with E-state index in [1.165, 1.54) is 7.11 Å². The van der Waals surface area contributed by atoms with Crippen LogP contribution in [0.5, 0.6) is 0 Å². The minimum atomic E-state index is -1.05. The van der Waals surface area contributed by atoms with E-state index in [0.29, 0.717) is 0 Å². The van der Waals surface area contributed by atoms with Crippen LogP contribution in [0.25, 0.3) is 0 Å². The Labute approximate surface area is 76.9 Å². The molecular formula is C8H16O5. The lowest BCUT2D eigenvalue weighted by molar-refractivity contribution is -0.280. The van der Waals surface area contributed by atoms with Gasteiger partial charge < -0.3 is 24.8 Å². The summed E-state index contributed by atoms with van der Waals surface area (Å²) in [7, 11) is 1.38. The highest BCUT2D eigenvalue weighted by Crippen LogP contribution is 2.25. The number of hydrogen-bond acceptors (Lipinski definition) is 5. The van der Waals surface area contributed by atoms with E-state index in [9.17, 15) is 10.2 Å². The molecule has 0 aromatic heterocycles. The maximum Gasteiger partial charge on any atom is 0.186 e. The van der Waals surface area contributed by atoms with E-state index in [1.807, 2.05) is 0 Å². The monoisotopic (exact) mass is 192 g/mol. The fourth-order valence-corrected chi connectivity index (χ4v) is 1.47. The molecule has 3 unspecified atom stereocenters. The maximum atomic E-state index is 9.53. The second-order valence-corrected chi connectivity index (χ2v) is 3.30. The van der Waals surface area contributed by atoms with Crippen LogP contribution in [-0.2, 0) is 9.47 Å². The number of aliphatic hydroxyl groups excluding tert-OH is 3. The van der Waals surface area contributed by atoms with Crippen molar-refractivity contribution in [1.82, 2.24) is 0 Å². The Bertz CT molecular complexity index is 143. The summed E-state index contributed by atoms with van der Waals surface area (Å²) in [6.07, 6.45) is -3.31. The molecule has 0 bridgehead atoms. The normalized spacial score (nSPS) is 46.4. The smallest absolute Gasteiger partial charge is 0.186 e. The van der Waals surface area contributed by atoms with E-state index in [2.05, 4.69) is 0 Å². The highest BCUT2D eigenvalue weighted by molar-refractivity contribution is 4.86. The molecule has 0 aromatic rings. The van der Waals surface area contributed by atoms with Crippen LogP contribution in [0.4, 0.5) is 0 Å². The number of ether oxygens (including phenoxy) is 2. The van der Waals surface area contributed by atoms with Gasteiger partial charge in [-0.05, 0) is 0 Å². The van der Waals surface area contributed by atoms with Gasteiger partial charge in [0.05, 0.1) is 18.8 Å². The van der Waals surface area contributed by atoms with Crippen molar-refractivity contribution in [3.05, 3.63) is 0 Å². The molecule has 1 saturated heterocycles. The first-order valence-electron chi connectivity index (χ1n) is 4.27. The third-order valence-corrected chi connectivity index (χ3v) is 2.48. The van der Waals surface area contributed by atoms with Crippen LogP contribution in [0.1, 0.15) is 6.92 Å². The second-order valence-electron chi connectivity index (χ2n) is 3.30. The molecule has 1 aliphatic heterocycles. The predicted molar refractivity (Wildman–Crippen MR) is 43.9 cm³/mol. The first-order chi connectivity index (χ1) is 6.11. The van der Waals surface area contributed by atoms with Gasteiger partial charge in [-0.1, -0.05) is 6.92 Å². The highest BCUT2D eigenvalue weighted by Gasteiger charge is 2.41. The number of methoxy groups -OCH3 is 1. The first-order valence-corrected chi connectivity index (χ1v) is 4.27. The topological polar surface area (TPSA) is 79.2 Å². The highest BCUT2D eigenvalue weighted by atomic mass is 16.7. The summed E-state index contributed by atoms with van der Waals surface area (Å²) in [4.78, 5) is 0. The molecule has 78 valence electrons. The van der Waals surface area contributed by atoms with Crippen LogP contribution in [0, 0.1) is 5.92 Å². The van der Waals surface area contributed by atoms with Crippen molar-refractivity contribution < 1.29 is 24.8 Å². The van der Waals surface area contributed by atoms with Gasteiger partial charge >= 0.3 is 0 Å². The molecule has 0 aliphatic carbocycles. The third kappa shape index (κ3) is 2.00. The van der Waals surface area contributed by atoms with Crippen molar-refractivity contribution in [1.29, 1.82) is 0 Å². The zero-order valence-electron chi connectivity index (χ0n) is 7.75. The molecule has 1 aliphatic rings. The average Bonchev–Trinajstić information content (AvgIpc) is 2.15. The average molecular weight is 192 g/mol. The van der Waals surface area contributed by atoms with Gasteiger partial charge in [0, 0.05) is 13.0 Å². The second kappa shape index (κ2) is 4.34. The Balaban J connectivity index is 2.66. The molecular weight excluding hydrogens is 176 g/mol. The van der Waals surface area contributed by atoms with E-state index < -0.39 is 24.6 Å². The van der Waals surface area contributed by atoms with Gasteiger partial charge in [-0.3, -0.25) is 0 Å². The summed E-state index contributed by atoms with van der Waals surface area (Å²) in [5, 5.41) is 27.9. The molecule has 0 radical (unpaired) electrons. The van der Waals surface area contributed by atoms with E-state index in [0.717, 1.165) is 0 Å².